The second-order valence-corrected chi connectivity index (χ2v) is 5.06. The lowest BCUT2D eigenvalue weighted by Crippen LogP contribution is -2.42. The number of nitrogens with two attached hydrogens (primary N) is 1. The van der Waals surface area contributed by atoms with Gasteiger partial charge in [0.2, 0.25) is 5.91 Å². The number of benzene rings is 1. The summed E-state index contributed by atoms with van der Waals surface area (Å²) in [5.74, 6) is -0.314. The number of nitrogens with zero attached hydrogens (tertiary/aromatic N) is 1. The monoisotopic (exact) mass is 268 g/mol. The van der Waals surface area contributed by atoms with Gasteiger partial charge in [0.05, 0.1) is 12.1 Å². The Balaban J connectivity index is 2.03. The molecule has 2 unspecified atom stereocenters. The molecule has 0 bridgehead atoms. The Kier molecular flexibility index (Phi) is 4.22. The van der Waals surface area contributed by atoms with Crippen LogP contribution in [0.5, 0.6) is 0 Å². The molecule has 1 amide bonds. The van der Waals surface area contributed by atoms with Crippen LogP contribution in [0.2, 0.25) is 5.02 Å². The zero-order valence-corrected chi connectivity index (χ0v) is 10.8. The van der Waals surface area contributed by atoms with Crippen LogP contribution in [0.1, 0.15) is 24.5 Å². The maximum Gasteiger partial charge on any atom is 0.234 e. The van der Waals surface area contributed by atoms with Gasteiger partial charge in [-0.3, -0.25) is 9.69 Å². The van der Waals surface area contributed by atoms with E-state index in [9.17, 15) is 9.90 Å². The number of aliphatic hydroxyl groups excluding tert-OH is 1. The van der Waals surface area contributed by atoms with E-state index >= 15 is 0 Å². The smallest absolute Gasteiger partial charge is 0.234 e. The molecule has 0 aliphatic carbocycles. The third kappa shape index (κ3) is 3.02. The van der Waals surface area contributed by atoms with Crippen LogP contribution in [-0.2, 0) is 4.79 Å². The quantitative estimate of drug-likeness (QED) is 0.866. The Morgan fingerprint density at radius 3 is 3.06 bits per heavy atom. The Hall–Kier alpha value is -1.10. The standard InChI is InChI=1S/C13H17ClN2O2/c14-10-4-1-3-9(7-10)12(17)8-16-6-2-5-11(16)13(15)18/h1,3-4,7,11-12,17H,2,5-6,8H2,(H2,15,18). The van der Waals surface area contributed by atoms with Crippen molar-refractivity contribution in [2.45, 2.75) is 25.0 Å². The first-order chi connectivity index (χ1) is 8.58. The first-order valence-electron chi connectivity index (χ1n) is 6.05. The van der Waals surface area contributed by atoms with Gasteiger partial charge in [-0.15, -0.1) is 0 Å². The van der Waals surface area contributed by atoms with Gasteiger partial charge in [-0.05, 0) is 37.1 Å². The summed E-state index contributed by atoms with van der Waals surface area (Å²) in [5.41, 5.74) is 6.10. The first-order valence-corrected chi connectivity index (χ1v) is 6.42. The van der Waals surface area contributed by atoms with Gasteiger partial charge in [0.1, 0.15) is 0 Å². The van der Waals surface area contributed by atoms with Crippen LogP contribution in [0.3, 0.4) is 0 Å². The van der Waals surface area contributed by atoms with Crippen molar-refractivity contribution in [3.63, 3.8) is 0 Å². The van der Waals surface area contributed by atoms with E-state index < -0.39 is 6.10 Å². The van der Waals surface area contributed by atoms with E-state index in [1.54, 1.807) is 18.2 Å². The van der Waals surface area contributed by atoms with E-state index in [2.05, 4.69) is 0 Å². The highest BCUT2D eigenvalue weighted by molar-refractivity contribution is 6.30. The fourth-order valence-corrected chi connectivity index (χ4v) is 2.61. The summed E-state index contributed by atoms with van der Waals surface area (Å²) < 4.78 is 0. The predicted octanol–water partition coefficient (Wildman–Crippen LogP) is 1.32. The van der Waals surface area contributed by atoms with Crippen LogP contribution in [0.25, 0.3) is 0 Å². The van der Waals surface area contributed by atoms with Crippen molar-refractivity contribution >= 4 is 17.5 Å². The molecular formula is C13H17ClN2O2. The van der Waals surface area contributed by atoms with Gasteiger partial charge in [-0.1, -0.05) is 23.7 Å². The summed E-state index contributed by atoms with van der Waals surface area (Å²) in [6.45, 7) is 1.21. The second-order valence-electron chi connectivity index (χ2n) is 4.63. The van der Waals surface area contributed by atoms with E-state index in [0.717, 1.165) is 24.9 Å². The van der Waals surface area contributed by atoms with Crippen LogP contribution in [0, 0.1) is 0 Å². The molecule has 18 heavy (non-hydrogen) atoms. The zero-order valence-electron chi connectivity index (χ0n) is 10.1. The number of likely N-dealkylation sites (tertiary alicyclic amines) is 1. The number of hydrogen-bond donors (Lipinski definition) is 2. The number of aliphatic hydroxyl groups is 1. The van der Waals surface area contributed by atoms with Gasteiger partial charge in [0.25, 0.3) is 0 Å². The Bertz CT molecular complexity index is 439. The zero-order chi connectivity index (χ0) is 13.1. The molecule has 1 saturated heterocycles. The molecule has 1 aliphatic heterocycles. The van der Waals surface area contributed by atoms with Crippen molar-refractivity contribution in [1.29, 1.82) is 0 Å². The first kappa shape index (κ1) is 13.3. The molecule has 1 fully saturated rings. The fourth-order valence-electron chi connectivity index (χ4n) is 2.41. The predicted molar refractivity (Wildman–Crippen MR) is 70.2 cm³/mol. The van der Waals surface area contributed by atoms with Crippen molar-refractivity contribution in [3.05, 3.63) is 34.9 Å². The van der Waals surface area contributed by atoms with Gasteiger partial charge < -0.3 is 10.8 Å². The summed E-state index contributed by atoms with van der Waals surface area (Å²) in [7, 11) is 0. The summed E-state index contributed by atoms with van der Waals surface area (Å²) in [6.07, 6.45) is 1.07. The highest BCUT2D eigenvalue weighted by Crippen LogP contribution is 2.23. The van der Waals surface area contributed by atoms with Gasteiger partial charge in [-0.2, -0.15) is 0 Å². The molecule has 2 rings (SSSR count). The van der Waals surface area contributed by atoms with Crippen molar-refractivity contribution in [3.8, 4) is 0 Å². The van der Waals surface area contributed by atoms with Gasteiger partial charge >= 0.3 is 0 Å². The number of halogens is 1. The molecule has 3 N–H and O–H groups in total. The fraction of sp³-hybridized carbons (Fsp3) is 0.462. The number of primary amides is 1. The molecule has 5 heteroatoms. The minimum absolute atomic E-state index is 0.251. The molecule has 98 valence electrons. The average molecular weight is 269 g/mol. The van der Waals surface area contributed by atoms with Crippen molar-refractivity contribution in [2.75, 3.05) is 13.1 Å². The van der Waals surface area contributed by atoms with Gasteiger partial charge in [0, 0.05) is 11.6 Å². The summed E-state index contributed by atoms with van der Waals surface area (Å²) in [6, 6.07) is 6.88. The van der Waals surface area contributed by atoms with Gasteiger partial charge in [-0.25, -0.2) is 0 Å². The SMILES string of the molecule is NC(=O)C1CCCN1CC(O)c1cccc(Cl)c1. The second kappa shape index (κ2) is 5.69. The molecular weight excluding hydrogens is 252 g/mol. The number of rotatable bonds is 4. The van der Waals surface area contributed by atoms with E-state index in [1.165, 1.54) is 0 Å². The number of hydrogen-bond acceptors (Lipinski definition) is 3. The van der Waals surface area contributed by atoms with Crippen molar-refractivity contribution in [2.24, 2.45) is 5.73 Å². The minimum atomic E-state index is -0.649. The maximum absolute atomic E-state index is 11.3. The number of β-amino-alcohol motifs (C(OH)–C–C–N with tert-alkyl or cyclic N) is 1. The molecule has 1 aliphatic rings. The van der Waals surface area contributed by atoms with E-state index in [4.69, 9.17) is 17.3 Å². The third-order valence-electron chi connectivity index (χ3n) is 3.33. The van der Waals surface area contributed by atoms with Crippen molar-refractivity contribution < 1.29 is 9.90 Å². The molecule has 2 atom stereocenters. The lowest BCUT2D eigenvalue weighted by atomic mass is 10.1. The van der Waals surface area contributed by atoms with Crippen LogP contribution >= 0.6 is 11.6 Å². The van der Waals surface area contributed by atoms with Crippen molar-refractivity contribution in [1.82, 2.24) is 4.90 Å². The normalized spacial score (nSPS) is 22.0. The van der Waals surface area contributed by atoms with Gasteiger partial charge in [0.15, 0.2) is 0 Å². The lowest BCUT2D eigenvalue weighted by Gasteiger charge is -2.24. The number of amides is 1. The summed E-state index contributed by atoms with van der Waals surface area (Å²) in [4.78, 5) is 13.2. The molecule has 1 aromatic rings. The van der Waals surface area contributed by atoms with Crippen LogP contribution in [0.4, 0.5) is 0 Å². The lowest BCUT2D eigenvalue weighted by molar-refractivity contribution is -0.122. The summed E-state index contributed by atoms with van der Waals surface area (Å²) in [5, 5.41) is 10.7. The Labute approximate surface area is 111 Å². The van der Waals surface area contributed by atoms with E-state index in [0.29, 0.717) is 11.6 Å². The van der Waals surface area contributed by atoms with E-state index in [-0.39, 0.29) is 11.9 Å². The Morgan fingerprint density at radius 2 is 2.39 bits per heavy atom. The largest absolute Gasteiger partial charge is 0.387 e. The highest BCUT2D eigenvalue weighted by Gasteiger charge is 2.30. The molecule has 0 aromatic heterocycles. The minimum Gasteiger partial charge on any atom is -0.387 e. The van der Waals surface area contributed by atoms with Crippen LogP contribution in [-0.4, -0.2) is 35.0 Å². The van der Waals surface area contributed by atoms with Crippen LogP contribution < -0.4 is 5.73 Å². The molecule has 0 spiro atoms. The molecule has 1 aromatic carbocycles. The molecule has 0 saturated carbocycles. The third-order valence-corrected chi connectivity index (χ3v) is 3.57. The molecule has 0 radical (unpaired) electrons. The molecule has 1 heterocycles. The van der Waals surface area contributed by atoms with Crippen LogP contribution in [0.15, 0.2) is 24.3 Å². The highest BCUT2D eigenvalue weighted by atomic mass is 35.5. The number of carbonyl (C=O) groups is 1. The Morgan fingerprint density at radius 1 is 1.61 bits per heavy atom. The maximum atomic E-state index is 11.3. The average Bonchev–Trinajstić information content (AvgIpc) is 2.77. The number of carbonyl (C=O) groups excluding carboxylic acids is 1. The summed E-state index contributed by atoms with van der Waals surface area (Å²) >= 11 is 5.89. The van der Waals surface area contributed by atoms with E-state index in [1.807, 2.05) is 11.0 Å². The topological polar surface area (TPSA) is 66.6 Å². The molecule has 4 nitrogen and oxygen atoms in total.